The van der Waals surface area contributed by atoms with Crippen LogP contribution in [0.15, 0.2) is 0 Å². The summed E-state index contributed by atoms with van der Waals surface area (Å²) in [5.74, 6) is -0.152. The maximum atomic E-state index is 13.1. The van der Waals surface area contributed by atoms with E-state index in [1.54, 1.807) is 0 Å². The number of likely N-dealkylation sites (N-methyl/N-ethyl adjacent to an activating group) is 1. The molecule has 0 bridgehead atoms. The number of phosphoric ester groups is 1. The molecular formula is C77H157N2O6P. The molecule has 0 aromatic heterocycles. The maximum absolute atomic E-state index is 13.1. The molecule has 0 saturated heterocycles. The van der Waals surface area contributed by atoms with Gasteiger partial charge in [0.25, 0.3) is 7.82 Å². The number of nitrogens with one attached hydrogen (secondary N) is 1. The summed E-state index contributed by atoms with van der Waals surface area (Å²) in [5, 5.41) is 14.1. The van der Waals surface area contributed by atoms with Crippen molar-refractivity contribution in [2.75, 3.05) is 40.9 Å². The van der Waals surface area contributed by atoms with E-state index in [1.807, 2.05) is 21.1 Å². The van der Waals surface area contributed by atoms with Crippen molar-refractivity contribution in [1.29, 1.82) is 0 Å². The summed E-state index contributed by atoms with van der Waals surface area (Å²) in [7, 11) is 1.33. The summed E-state index contributed by atoms with van der Waals surface area (Å²) in [6.45, 7) is 4.81. The lowest BCUT2D eigenvalue weighted by Gasteiger charge is -2.30. The van der Waals surface area contributed by atoms with E-state index >= 15 is 0 Å². The van der Waals surface area contributed by atoms with Crippen molar-refractivity contribution in [1.82, 2.24) is 5.32 Å². The van der Waals surface area contributed by atoms with Gasteiger partial charge in [-0.1, -0.05) is 418 Å². The van der Waals surface area contributed by atoms with Crippen molar-refractivity contribution in [3.63, 3.8) is 0 Å². The molecule has 3 unspecified atom stereocenters. The molecule has 0 aliphatic heterocycles. The Morgan fingerprint density at radius 3 is 0.791 bits per heavy atom. The van der Waals surface area contributed by atoms with E-state index in [9.17, 15) is 19.4 Å². The van der Waals surface area contributed by atoms with Crippen LogP contribution in [0.5, 0.6) is 0 Å². The first-order valence-corrected chi connectivity index (χ1v) is 40.8. The van der Waals surface area contributed by atoms with Crippen molar-refractivity contribution in [3.05, 3.63) is 0 Å². The van der Waals surface area contributed by atoms with Gasteiger partial charge in [-0.25, -0.2) is 0 Å². The van der Waals surface area contributed by atoms with Crippen molar-refractivity contribution in [3.8, 4) is 0 Å². The molecule has 0 aliphatic rings. The van der Waals surface area contributed by atoms with Crippen molar-refractivity contribution in [2.45, 2.75) is 450 Å². The molecule has 9 heteroatoms. The average molecular weight is 1240 g/mol. The van der Waals surface area contributed by atoms with Crippen molar-refractivity contribution >= 4 is 13.7 Å². The summed E-state index contributed by atoms with van der Waals surface area (Å²) in [6.07, 6.45) is 88.0. The molecule has 3 atom stereocenters. The van der Waals surface area contributed by atoms with Gasteiger partial charge in [0.15, 0.2) is 0 Å². The van der Waals surface area contributed by atoms with Gasteiger partial charge < -0.3 is 28.8 Å². The van der Waals surface area contributed by atoms with Crippen LogP contribution in [0, 0.1) is 0 Å². The maximum Gasteiger partial charge on any atom is 0.268 e. The summed E-state index contributed by atoms with van der Waals surface area (Å²) in [4.78, 5) is 25.7. The number of rotatable bonds is 75. The zero-order chi connectivity index (χ0) is 62.6. The van der Waals surface area contributed by atoms with E-state index in [2.05, 4.69) is 19.2 Å². The van der Waals surface area contributed by atoms with Gasteiger partial charge in [0, 0.05) is 6.42 Å². The first-order valence-electron chi connectivity index (χ1n) is 39.4. The molecular weight excluding hydrogens is 1080 g/mol. The number of hydrogen-bond donors (Lipinski definition) is 2. The fraction of sp³-hybridized carbons (Fsp3) is 0.987. The minimum absolute atomic E-state index is 0.0171. The minimum atomic E-state index is -4.58. The van der Waals surface area contributed by atoms with Gasteiger partial charge in [-0.05, 0) is 12.8 Å². The number of aliphatic hydroxyl groups is 1. The summed E-state index contributed by atoms with van der Waals surface area (Å²) < 4.78 is 23.6. The number of quaternary nitrogens is 1. The normalized spacial score (nSPS) is 13.4. The zero-order valence-electron chi connectivity index (χ0n) is 59.3. The van der Waals surface area contributed by atoms with Crippen LogP contribution in [0.25, 0.3) is 0 Å². The molecule has 516 valence electrons. The van der Waals surface area contributed by atoms with Gasteiger partial charge in [-0.15, -0.1) is 0 Å². The Hall–Kier alpha value is -0.500. The van der Waals surface area contributed by atoms with Gasteiger partial charge in [0.2, 0.25) is 5.91 Å². The number of amides is 1. The highest BCUT2D eigenvalue weighted by atomic mass is 31.2. The van der Waals surface area contributed by atoms with Gasteiger partial charge in [0.1, 0.15) is 13.2 Å². The first-order chi connectivity index (χ1) is 42.0. The molecule has 0 saturated carbocycles. The van der Waals surface area contributed by atoms with E-state index in [-0.39, 0.29) is 19.1 Å². The van der Waals surface area contributed by atoms with Gasteiger partial charge in [-0.2, -0.15) is 0 Å². The molecule has 0 spiro atoms. The average Bonchev–Trinajstić information content (AvgIpc) is 3.70. The molecule has 0 fully saturated rings. The van der Waals surface area contributed by atoms with Crippen LogP contribution in [-0.4, -0.2) is 68.5 Å². The standard InChI is InChI=1S/C77H157N2O6P/c1-6-8-10-12-14-16-18-20-22-24-26-28-30-32-34-36-38-40-42-44-46-48-50-52-54-56-58-60-62-64-66-68-70-76(80)75(74-85-86(82,83)84-73-72-79(3,4)5)78-77(81)71-69-67-65-63-61-59-57-55-53-51-49-47-45-43-41-39-37-35-33-31-29-27-25-23-21-19-17-15-13-11-9-7-2/h75-76,80H,6-74H2,1-5H3,(H-,78,81,82,83). The number of nitrogens with zero attached hydrogens (tertiary/aromatic N) is 1. The molecule has 0 heterocycles. The molecule has 1 amide bonds. The number of carbonyl (C=O) groups excluding carboxylic acids is 1. The van der Waals surface area contributed by atoms with Crippen molar-refractivity contribution in [2.24, 2.45) is 0 Å². The van der Waals surface area contributed by atoms with Gasteiger partial charge >= 0.3 is 0 Å². The Labute approximate surface area is 540 Å². The molecule has 2 N–H and O–H groups in total. The van der Waals surface area contributed by atoms with Crippen LogP contribution in [0.4, 0.5) is 0 Å². The third-order valence-corrected chi connectivity index (χ3v) is 19.8. The van der Waals surface area contributed by atoms with Crippen LogP contribution in [0.1, 0.15) is 438 Å². The number of carbonyl (C=O) groups is 1. The second kappa shape index (κ2) is 68.9. The summed E-state index contributed by atoms with van der Waals surface area (Å²) in [5.41, 5.74) is 0. The summed E-state index contributed by atoms with van der Waals surface area (Å²) >= 11 is 0. The zero-order valence-corrected chi connectivity index (χ0v) is 60.2. The smallest absolute Gasteiger partial charge is 0.268 e. The van der Waals surface area contributed by atoms with Gasteiger partial charge in [0.05, 0.1) is 39.9 Å². The SMILES string of the molecule is CCCCCCCCCCCCCCCCCCCCCCCCCCCCCCCCCCC(=O)NC(COP(=O)([O-])OCC[N+](C)(C)C)C(O)CCCCCCCCCCCCCCCCCCCCCCCCCCCCCCCCCC. The number of phosphoric acid groups is 1. The predicted octanol–water partition coefficient (Wildman–Crippen LogP) is 24.8. The highest BCUT2D eigenvalue weighted by Crippen LogP contribution is 2.38. The Morgan fingerprint density at radius 2 is 0.570 bits per heavy atom. The second-order valence-electron chi connectivity index (χ2n) is 28.8. The largest absolute Gasteiger partial charge is 0.756 e. The van der Waals surface area contributed by atoms with Gasteiger partial charge in [-0.3, -0.25) is 9.36 Å². The minimum Gasteiger partial charge on any atom is -0.756 e. The monoisotopic (exact) mass is 1240 g/mol. The van der Waals surface area contributed by atoms with E-state index in [1.165, 1.54) is 372 Å². The molecule has 0 rings (SSSR count). The predicted molar refractivity (Wildman–Crippen MR) is 376 cm³/mol. The van der Waals surface area contributed by atoms with E-state index in [4.69, 9.17) is 9.05 Å². The molecule has 0 aromatic carbocycles. The van der Waals surface area contributed by atoms with Crippen LogP contribution in [-0.2, 0) is 18.4 Å². The van der Waals surface area contributed by atoms with E-state index < -0.39 is 20.0 Å². The Balaban J connectivity index is 3.91. The Morgan fingerprint density at radius 1 is 0.360 bits per heavy atom. The van der Waals surface area contributed by atoms with Crippen LogP contribution < -0.4 is 10.2 Å². The molecule has 0 radical (unpaired) electrons. The quantitative estimate of drug-likeness (QED) is 0.0357. The lowest BCUT2D eigenvalue weighted by atomic mass is 10.0. The molecule has 8 nitrogen and oxygen atoms in total. The Kier molecular flexibility index (Phi) is 68.5. The van der Waals surface area contributed by atoms with Crippen LogP contribution >= 0.6 is 7.82 Å². The number of aliphatic hydroxyl groups excluding tert-OH is 1. The third kappa shape index (κ3) is 70.9. The lowest BCUT2D eigenvalue weighted by Crippen LogP contribution is -2.46. The van der Waals surface area contributed by atoms with E-state index in [0.29, 0.717) is 23.9 Å². The fourth-order valence-electron chi connectivity index (χ4n) is 12.8. The lowest BCUT2D eigenvalue weighted by molar-refractivity contribution is -0.870. The van der Waals surface area contributed by atoms with Crippen molar-refractivity contribution < 1.29 is 32.9 Å². The molecule has 0 aromatic rings. The van der Waals surface area contributed by atoms with Crippen LogP contribution in [0.2, 0.25) is 0 Å². The fourth-order valence-corrected chi connectivity index (χ4v) is 13.5. The highest BCUT2D eigenvalue weighted by Gasteiger charge is 2.24. The third-order valence-electron chi connectivity index (χ3n) is 18.8. The molecule has 86 heavy (non-hydrogen) atoms. The van der Waals surface area contributed by atoms with E-state index in [0.717, 1.165) is 38.5 Å². The first kappa shape index (κ1) is 85.5. The Bertz CT molecular complexity index is 1360. The summed E-state index contributed by atoms with van der Waals surface area (Å²) in [6, 6.07) is -0.798. The topological polar surface area (TPSA) is 108 Å². The molecule has 0 aliphatic carbocycles. The number of hydrogen-bond acceptors (Lipinski definition) is 6. The van der Waals surface area contributed by atoms with Crippen LogP contribution in [0.3, 0.4) is 0 Å². The highest BCUT2D eigenvalue weighted by molar-refractivity contribution is 7.45. The second-order valence-corrected chi connectivity index (χ2v) is 30.2. The number of unbranched alkanes of at least 4 members (excludes halogenated alkanes) is 62.